The second-order valence-electron chi connectivity index (χ2n) is 2.37. The highest BCUT2D eigenvalue weighted by atomic mass is 16.5. The van der Waals surface area contributed by atoms with E-state index in [0.29, 0.717) is 12.5 Å². The second kappa shape index (κ2) is 4.88. The Bertz CT molecular complexity index is 163. The lowest BCUT2D eigenvalue weighted by atomic mass is 10.2. The van der Waals surface area contributed by atoms with Crippen LogP contribution in [0, 0.1) is 0 Å². The van der Waals surface area contributed by atoms with Crippen LogP contribution in [0.15, 0.2) is 4.99 Å². The van der Waals surface area contributed by atoms with Crippen LogP contribution in [0.25, 0.3) is 0 Å². The molecule has 64 valence electrons. The number of nitrogens with zero attached hydrogens (tertiary/aromatic N) is 1. The number of ketones is 1. The van der Waals surface area contributed by atoms with E-state index in [4.69, 9.17) is 4.74 Å². The van der Waals surface area contributed by atoms with E-state index in [2.05, 4.69) is 4.99 Å². The van der Waals surface area contributed by atoms with E-state index in [1.54, 1.807) is 13.8 Å². The van der Waals surface area contributed by atoms with Crippen molar-refractivity contribution in [1.82, 2.24) is 0 Å². The molecule has 0 bridgehead atoms. The fourth-order valence-electron chi connectivity index (χ4n) is 0.610. The molecule has 0 saturated heterocycles. The van der Waals surface area contributed by atoms with Gasteiger partial charge in [0.15, 0.2) is 11.7 Å². The third-order valence-electron chi connectivity index (χ3n) is 1.32. The van der Waals surface area contributed by atoms with Gasteiger partial charge in [-0.2, -0.15) is 0 Å². The van der Waals surface area contributed by atoms with Gasteiger partial charge in [-0.3, -0.25) is 4.79 Å². The smallest absolute Gasteiger partial charge is 0.180 e. The standard InChI is InChI=1S/C8H15NO2/c1-5-11-8(4)9-6(2)7(3)10/h6H,5H2,1-4H3. The van der Waals surface area contributed by atoms with Crippen molar-refractivity contribution in [1.29, 1.82) is 0 Å². The van der Waals surface area contributed by atoms with Crippen molar-refractivity contribution in [3.05, 3.63) is 0 Å². The summed E-state index contributed by atoms with van der Waals surface area (Å²) in [6.45, 7) is 7.51. The first-order valence-corrected chi connectivity index (χ1v) is 3.75. The van der Waals surface area contributed by atoms with Crippen LogP contribution in [0.5, 0.6) is 0 Å². The number of hydrogen-bond donors (Lipinski definition) is 0. The molecule has 0 aromatic carbocycles. The number of hydrogen-bond acceptors (Lipinski definition) is 3. The van der Waals surface area contributed by atoms with E-state index in [9.17, 15) is 4.79 Å². The van der Waals surface area contributed by atoms with Crippen molar-refractivity contribution in [3.63, 3.8) is 0 Å². The minimum absolute atomic E-state index is 0.0593. The highest BCUT2D eigenvalue weighted by Gasteiger charge is 2.04. The molecule has 11 heavy (non-hydrogen) atoms. The molecule has 0 radical (unpaired) electrons. The summed E-state index contributed by atoms with van der Waals surface area (Å²) in [5, 5.41) is 0. The first kappa shape index (κ1) is 10.1. The monoisotopic (exact) mass is 157 g/mol. The molecule has 0 spiro atoms. The van der Waals surface area contributed by atoms with Crippen LogP contribution in [0.1, 0.15) is 27.7 Å². The highest BCUT2D eigenvalue weighted by molar-refractivity contribution is 5.84. The first-order valence-electron chi connectivity index (χ1n) is 3.75. The van der Waals surface area contributed by atoms with Gasteiger partial charge in [0.1, 0.15) is 6.04 Å². The fourth-order valence-corrected chi connectivity index (χ4v) is 0.610. The van der Waals surface area contributed by atoms with Gasteiger partial charge in [0, 0.05) is 6.92 Å². The molecule has 0 N–H and O–H groups in total. The third-order valence-corrected chi connectivity index (χ3v) is 1.32. The molecule has 0 aliphatic rings. The van der Waals surface area contributed by atoms with Crippen molar-refractivity contribution in [2.75, 3.05) is 6.61 Å². The van der Waals surface area contributed by atoms with E-state index in [-0.39, 0.29) is 11.8 Å². The van der Waals surface area contributed by atoms with Gasteiger partial charge in [0.05, 0.1) is 6.61 Å². The van der Waals surface area contributed by atoms with Gasteiger partial charge >= 0.3 is 0 Å². The average Bonchev–Trinajstić information content (AvgIpc) is 1.87. The normalized spacial score (nSPS) is 14.4. The molecule has 0 heterocycles. The van der Waals surface area contributed by atoms with Gasteiger partial charge in [-0.15, -0.1) is 0 Å². The predicted molar refractivity (Wildman–Crippen MR) is 44.9 cm³/mol. The number of Topliss-reactive ketones (excluding diaryl/α,β-unsaturated/α-hetero) is 1. The lowest BCUT2D eigenvalue weighted by Crippen LogP contribution is -2.13. The number of rotatable bonds is 3. The van der Waals surface area contributed by atoms with Crippen LogP contribution in [-0.2, 0) is 9.53 Å². The largest absolute Gasteiger partial charge is 0.481 e. The van der Waals surface area contributed by atoms with Crippen LogP contribution in [-0.4, -0.2) is 24.3 Å². The topological polar surface area (TPSA) is 38.7 Å². The number of aliphatic imine (C=N–C) groups is 1. The molecule has 1 atom stereocenters. The lowest BCUT2D eigenvalue weighted by Gasteiger charge is -2.04. The molecule has 3 heteroatoms. The summed E-state index contributed by atoms with van der Waals surface area (Å²) in [6.07, 6.45) is 0. The Morgan fingerprint density at radius 2 is 2.09 bits per heavy atom. The molecule has 0 aliphatic carbocycles. The molecule has 0 saturated carbocycles. The second-order valence-corrected chi connectivity index (χ2v) is 2.37. The van der Waals surface area contributed by atoms with Gasteiger partial charge < -0.3 is 4.74 Å². The van der Waals surface area contributed by atoms with Crippen LogP contribution < -0.4 is 0 Å². The SMILES string of the molecule is CCOC(C)=NC(C)C(C)=O. The molecule has 1 unspecified atom stereocenters. The van der Waals surface area contributed by atoms with E-state index in [1.807, 2.05) is 6.92 Å². The van der Waals surface area contributed by atoms with Crippen LogP contribution in [0.2, 0.25) is 0 Å². The highest BCUT2D eigenvalue weighted by Crippen LogP contribution is 1.93. The maximum Gasteiger partial charge on any atom is 0.180 e. The Morgan fingerprint density at radius 1 is 1.55 bits per heavy atom. The van der Waals surface area contributed by atoms with Gasteiger partial charge in [-0.05, 0) is 20.8 Å². The average molecular weight is 157 g/mol. The molecular weight excluding hydrogens is 142 g/mol. The van der Waals surface area contributed by atoms with Crippen LogP contribution in [0.4, 0.5) is 0 Å². The van der Waals surface area contributed by atoms with Crippen molar-refractivity contribution in [3.8, 4) is 0 Å². The molecule has 0 fully saturated rings. The van der Waals surface area contributed by atoms with E-state index in [1.165, 1.54) is 6.92 Å². The van der Waals surface area contributed by atoms with Gasteiger partial charge in [0.25, 0.3) is 0 Å². The predicted octanol–water partition coefficient (Wildman–Crippen LogP) is 1.42. The molecule has 0 amide bonds. The summed E-state index contributed by atoms with van der Waals surface area (Å²) < 4.78 is 5.06. The molecule has 0 aromatic rings. The summed E-state index contributed by atoms with van der Waals surface area (Å²) in [6, 6.07) is -0.276. The molecule has 3 nitrogen and oxygen atoms in total. The quantitative estimate of drug-likeness (QED) is 0.459. The minimum Gasteiger partial charge on any atom is -0.481 e. The third kappa shape index (κ3) is 4.53. The number of carbonyl (C=O) groups is 1. The van der Waals surface area contributed by atoms with Crippen molar-refractivity contribution in [2.24, 2.45) is 4.99 Å². The van der Waals surface area contributed by atoms with E-state index in [0.717, 1.165) is 0 Å². The lowest BCUT2D eigenvalue weighted by molar-refractivity contribution is -0.117. The maximum absolute atomic E-state index is 10.7. The summed E-state index contributed by atoms with van der Waals surface area (Å²) in [7, 11) is 0. The first-order chi connectivity index (χ1) is 5.07. The minimum atomic E-state index is -0.276. The van der Waals surface area contributed by atoms with Crippen LogP contribution >= 0.6 is 0 Å². The maximum atomic E-state index is 10.7. The zero-order chi connectivity index (χ0) is 8.85. The van der Waals surface area contributed by atoms with Gasteiger partial charge in [-0.25, -0.2) is 4.99 Å². The van der Waals surface area contributed by atoms with E-state index >= 15 is 0 Å². The van der Waals surface area contributed by atoms with E-state index < -0.39 is 0 Å². The van der Waals surface area contributed by atoms with Gasteiger partial charge in [0.2, 0.25) is 0 Å². The number of carbonyl (C=O) groups excluding carboxylic acids is 1. The zero-order valence-corrected chi connectivity index (χ0v) is 7.55. The Morgan fingerprint density at radius 3 is 2.45 bits per heavy atom. The van der Waals surface area contributed by atoms with Crippen LogP contribution in [0.3, 0.4) is 0 Å². The summed E-state index contributed by atoms with van der Waals surface area (Å²) in [5.41, 5.74) is 0. The number of ether oxygens (including phenoxy) is 1. The van der Waals surface area contributed by atoms with Crippen molar-refractivity contribution in [2.45, 2.75) is 33.7 Å². The Balaban J connectivity index is 3.96. The Kier molecular flexibility index (Phi) is 4.50. The summed E-state index contributed by atoms with van der Waals surface area (Å²) in [4.78, 5) is 14.7. The Labute approximate surface area is 67.5 Å². The molecule has 0 aliphatic heterocycles. The van der Waals surface area contributed by atoms with Crippen molar-refractivity contribution < 1.29 is 9.53 Å². The van der Waals surface area contributed by atoms with Gasteiger partial charge in [-0.1, -0.05) is 0 Å². The molecule has 0 rings (SSSR count). The van der Waals surface area contributed by atoms with Crippen molar-refractivity contribution >= 4 is 11.7 Å². The zero-order valence-electron chi connectivity index (χ0n) is 7.55. The summed E-state index contributed by atoms with van der Waals surface area (Å²) in [5.74, 6) is 0.638. The Hall–Kier alpha value is -0.860. The summed E-state index contributed by atoms with van der Waals surface area (Å²) >= 11 is 0. The molecule has 0 aromatic heterocycles. The molecular formula is C8H15NO2. The fraction of sp³-hybridized carbons (Fsp3) is 0.750.